The zero-order valence-corrected chi connectivity index (χ0v) is 42.2. The monoisotopic (exact) mass is 988 g/mol. The van der Waals surface area contributed by atoms with Crippen LogP contribution >= 0.6 is 23.2 Å². The highest BCUT2D eigenvalue weighted by atomic mass is 35.5. The summed E-state index contributed by atoms with van der Waals surface area (Å²) in [6, 6.07) is 0. The van der Waals surface area contributed by atoms with Gasteiger partial charge in [-0.15, -0.1) is 0 Å². The first-order valence-corrected chi connectivity index (χ1v) is 24.1. The Morgan fingerprint density at radius 2 is 1.13 bits per heavy atom. The van der Waals surface area contributed by atoms with Crippen LogP contribution in [0, 0.1) is 39.5 Å². The number of hydrogen-bond donors (Lipinski definition) is 4. The molecule has 70 heavy (non-hydrogen) atoms. The predicted molar refractivity (Wildman–Crippen MR) is 272 cm³/mol. The molecule has 1 fully saturated rings. The second-order valence-corrected chi connectivity index (χ2v) is 19.1. The fourth-order valence-electron chi connectivity index (χ4n) is 9.28. The number of fused-ring (bicyclic) bond motifs is 2. The number of aromatic amines is 2. The number of nitrogens with two attached hydrogens (primary N) is 2. The van der Waals surface area contributed by atoms with Crippen molar-refractivity contribution in [1.29, 1.82) is 0 Å². The SMILES string of the molecule is COc1c(C)cnc(CN2C(=O)/C(=C\c3ncc(CCC(C)C)[nH]3)c3c(Cl)nc(N)nc32)c1C.COc1c(C)cnc(CN2C(=O)/C(=C\c3ncc(CCC4CCCC4)[nH]3)c3c(Cl)nc(N)nc32)c1C. The summed E-state index contributed by atoms with van der Waals surface area (Å²) >= 11 is 12.9. The number of carbonyl (C=O) groups excluding carboxylic acids is 2. The fraction of sp³-hybridized carbons (Fsp3) is 0.400. The molecule has 9 rings (SSSR count). The van der Waals surface area contributed by atoms with Gasteiger partial charge in [0.05, 0.1) is 61.0 Å². The molecular weight excluding hydrogens is 932 g/mol. The number of aryl methyl sites for hydroxylation is 4. The number of rotatable bonds is 14. The number of halogens is 2. The third-order valence-electron chi connectivity index (χ3n) is 13.0. The lowest BCUT2D eigenvalue weighted by Gasteiger charge is -2.19. The van der Waals surface area contributed by atoms with E-state index >= 15 is 0 Å². The molecule has 366 valence electrons. The number of methoxy groups -OCH3 is 2. The van der Waals surface area contributed by atoms with Crippen molar-refractivity contribution in [3.05, 3.63) is 103 Å². The highest BCUT2D eigenvalue weighted by Crippen LogP contribution is 2.43. The number of amides is 2. The van der Waals surface area contributed by atoms with Crippen LogP contribution in [0.25, 0.3) is 23.3 Å². The molecule has 2 aliphatic heterocycles. The van der Waals surface area contributed by atoms with Gasteiger partial charge in [-0.05, 0) is 77.4 Å². The lowest BCUT2D eigenvalue weighted by molar-refractivity contribution is -0.113. The topological polar surface area (TPSA) is 246 Å². The summed E-state index contributed by atoms with van der Waals surface area (Å²) in [7, 11) is 3.23. The third-order valence-corrected chi connectivity index (χ3v) is 13.5. The van der Waals surface area contributed by atoms with Crippen molar-refractivity contribution in [2.75, 3.05) is 35.5 Å². The van der Waals surface area contributed by atoms with E-state index in [4.69, 9.17) is 44.1 Å². The van der Waals surface area contributed by atoms with E-state index in [0.717, 1.165) is 76.7 Å². The molecule has 2 amide bonds. The average molecular weight is 990 g/mol. The molecule has 0 atom stereocenters. The second kappa shape index (κ2) is 21.0. The van der Waals surface area contributed by atoms with Crippen LogP contribution in [0.3, 0.4) is 0 Å². The number of hydrogen-bond acceptors (Lipinski definition) is 14. The molecule has 1 aliphatic carbocycles. The smallest absolute Gasteiger partial charge is 0.260 e. The first-order valence-electron chi connectivity index (χ1n) is 23.3. The highest BCUT2D eigenvalue weighted by Gasteiger charge is 2.39. The van der Waals surface area contributed by atoms with Crippen LogP contribution in [0.4, 0.5) is 23.5 Å². The molecule has 20 heteroatoms. The van der Waals surface area contributed by atoms with Gasteiger partial charge in [0.1, 0.15) is 33.5 Å². The van der Waals surface area contributed by atoms with E-state index in [9.17, 15) is 9.59 Å². The van der Waals surface area contributed by atoms with Crippen LogP contribution < -0.4 is 30.7 Å². The Labute approximate surface area is 416 Å². The summed E-state index contributed by atoms with van der Waals surface area (Å²) in [6.45, 7) is 12.4. The number of nitrogen functional groups attached to an aromatic ring is 2. The van der Waals surface area contributed by atoms with Crippen molar-refractivity contribution in [3.63, 3.8) is 0 Å². The zero-order valence-electron chi connectivity index (χ0n) is 40.7. The number of anilines is 4. The summed E-state index contributed by atoms with van der Waals surface area (Å²) in [5, 5.41) is 0.237. The van der Waals surface area contributed by atoms with Crippen LogP contribution in [0.1, 0.15) is 120 Å². The van der Waals surface area contributed by atoms with E-state index < -0.39 is 0 Å². The van der Waals surface area contributed by atoms with Crippen molar-refractivity contribution in [2.45, 2.75) is 106 Å². The molecule has 6 aromatic heterocycles. The first-order chi connectivity index (χ1) is 33.5. The Balaban J connectivity index is 0.000000189. The van der Waals surface area contributed by atoms with Crippen molar-refractivity contribution in [1.82, 2.24) is 49.8 Å². The van der Waals surface area contributed by atoms with Crippen molar-refractivity contribution in [2.24, 2.45) is 11.8 Å². The van der Waals surface area contributed by atoms with Crippen LogP contribution in [0.2, 0.25) is 10.3 Å². The van der Waals surface area contributed by atoms with Crippen LogP contribution in [-0.4, -0.2) is 75.9 Å². The maximum Gasteiger partial charge on any atom is 0.260 e. The van der Waals surface area contributed by atoms with Gasteiger partial charge in [-0.25, -0.2) is 19.9 Å². The summed E-state index contributed by atoms with van der Waals surface area (Å²) in [5.74, 6) is 4.15. The molecule has 3 aliphatic rings. The molecular formula is C50H58Cl2N14O4. The van der Waals surface area contributed by atoms with E-state index in [1.807, 2.05) is 33.9 Å². The van der Waals surface area contributed by atoms with E-state index in [1.54, 1.807) is 45.0 Å². The fourth-order valence-corrected chi connectivity index (χ4v) is 9.82. The van der Waals surface area contributed by atoms with Gasteiger partial charge < -0.3 is 30.9 Å². The minimum Gasteiger partial charge on any atom is -0.496 e. The largest absolute Gasteiger partial charge is 0.496 e. The van der Waals surface area contributed by atoms with E-state index in [-0.39, 0.29) is 47.1 Å². The Morgan fingerprint density at radius 3 is 1.56 bits per heavy atom. The molecule has 18 nitrogen and oxygen atoms in total. The maximum absolute atomic E-state index is 13.7. The summed E-state index contributed by atoms with van der Waals surface area (Å²) < 4.78 is 11.1. The van der Waals surface area contributed by atoms with Gasteiger partial charge in [0, 0.05) is 58.4 Å². The van der Waals surface area contributed by atoms with Gasteiger partial charge >= 0.3 is 0 Å². The van der Waals surface area contributed by atoms with Crippen LogP contribution in [0.15, 0.2) is 24.8 Å². The number of carbonyl (C=O) groups is 2. The minimum atomic E-state index is -0.280. The van der Waals surface area contributed by atoms with Gasteiger partial charge in [0.2, 0.25) is 11.9 Å². The van der Waals surface area contributed by atoms with Crippen molar-refractivity contribution < 1.29 is 19.1 Å². The number of aromatic nitrogens is 10. The van der Waals surface area contributed by atoms with Gasteiger partial charge in [0.25, 0.3) is 11.8 Å². The number of ether oxygens (including phenoxy) is 2. The minimum absolute atomic E-state index is 0.00355. The standard InChI is InChI=1S/C26H30ClN7O2.C24H28ClN7O2/c1-14-11-29-19(15(2)22(14)36-3)13-34-24-21(23(27)32-26(28)33-24)18(25(34)35)10-20-30-12-17(31-20)9-8-16-6-4-5-7-16;1-12(2)6-7-15-10-28-18(29-15)8-16-19-21(25)30-24(26)31-22(19)32(23(16)33)11-17-14(4)20(34-5)13(3)9-27-17/h10-12,16H,4-9,13H2,1-3H3,(H,30,31)(H2,28,32,33);8-10,12H,6-7,11H2,1-5H3,(H,28,29)(H2,26,30,31)/b18-10-;16-8-. The third kappa shape index (κ3) is 10.3. The normalized spacial score (nSPS) is 15.6. The van der Waals surface area contributed by atoms with E-state index in [0.29, 0.717) is 62.9 Å². The molecule has 0 saturated heterocycles. The molecule has 1 saturated carbocycles. The molecule has 0 aromatic carbocycles. The number of nitrogens with zero attached hydrogens (tertiary/aromatic N) is 10. The number of imidazole rings is 2. The summed E-state index contributed by atoms with van der Waals surface area (Å²) in [4.78, 5) is 71.8. The molecule has 0 bridgehead atoms. The molecule has 6 N–H and O–H groups in total. The molecule has 0 spiro atoms. The van der Waals surface area contributed by atoms with E-state index in [1.165, 1.54) is 35.5 Å². The highest BCUT2D eigenvalue weighted by molar-refractivity contribution is 6.42. The first kappa shape index (κ1) is 49.5. The lowest BCUT2D eigenvalue weighted by atomic mass is 10.0. The molecule has 0 radical (unpaired) electrons. The van der Waals surface area contributed by atoms with Gasteiger partial charge in [0.15, 0.2) is 11.6 Å². The Hall–Kier alpha value is -6.92. The number of H-pyrrole nitrogens is 2. The number of nitrogens with one attached hydrogen (secondary N) is 2. The second-order valence-electron chi connectivity index (χ2n) is 18.3. The van der Waals surface area contributed by atoms with Gasteiger partial charge in [-0.3, -0.25) is 29.4 Å². The molecule has 8 heterocycles. The summed E-state index contributed by atoms with van der Waals surface area (Å²) in [5.41, 5.74) is 20.3. The Bertz CT molecular complexity index is 3030. The summed E-state index contributed by atoms with van der Waals surface area (Å²) in [6.07, 6.45) is 19.8. The molecule has 6 aromatic rings. The quantitative estimate of drug-likeness (QED) is 0.0589. The van der Waals surface area contributed by atoms with Crippen LogP contribution in [0.5, 0.6) is 11.5 Å². The predicted octanol–water partition coefficient (Wildman–Crippen LogP) is 8.80. The van der Waals surface area contributed by atoms with E-state index in [2.05, 4.69) is 63.7 Å². The van der Waals surface area contributed by atoms with Gasteiger partial charge in [-0.2, -0.15) is 9.97 Å². The number of pyridine rings is 2. The van der Waals surface area contributed by atoms with Crippen molar-refractivity contribution >= 4 is 81.8 Å². The average Bonchev–Trinajstić information content (AvgIpc) is 4.17. The van der Waals surface area contributed by atoms with Crippen molar-refractivity contribution in [3.8, 4) is 11.5 Å². The Morgan fingerprint density at radius 1 is 0.686 bits per heavy atom. The van der Waals surface area contributed by atoms with Crippen LogP contribution in [-0.2, 0) is 35.5 Å². The molecule has 0 unspecified atom stereocenters. The Kier molecular flexibility index (Phi) is 14.8. The van der Waals surface area contributed by atoms with Gasteiger partial charge in [-0.1, -0.05) is 62.7 Å². The zero-order chi connectivity index (χ0) is 50.0. The lowest BCUT2D eigenvalue weighted by Crippen LogP contribution is -2.27. The maximum atomic E-state index is 13.7.